The van der Waals surface area contributed by atoms with Crippen LogP contribution in [0.2, 0.25) is 0 Å². The van der Waals surface area contributed by atoms with Gasteiger partial charge in [-0.3, -0.25) is 9.59 Å². The summed E-state index contributed by atoms with van der Waals surface area (Å²) in [7, 11) is 1.27. The lowest BCUT2D eigenvalue weighted by atomic mass is 10.2. The molecular formula is C13H18N2O5S. The van der Waals surface area contributed by atoms with Crippen LogP contribution in [0.25, 0.3) is 0 Å². The minimum absolute atomic E-state index is 0.0775. The highest BCUT2D eigenvalue weighted by molar-refractivity contribution is 7.08. The fraction of sp³-hybridized carbons (Fsp3) is 0.462. The molecule has 8 heteroatoms. The van der Waals surface area contributed by atoms with Crippen molar-refractivity contribution >= 4 is 29.1 Å². The van der Waals surface area contributed by atoms with Crippen LogP contribution in [0.1, 0.15) is 23.2 Å². The average Bonchev–Trinajstić information content (AvgIpc) is 2.97. The number of rotatable bonds is 9. The van der Waals surface area contributed by atoms with Crippen molar-refractivity contribution in [2.24, 2.45) is 0 Å². The quantitative estimate of drug-likeness (QED) is 0.575. The fourth-order valence-corrected chi connectivity index (χ4v) is 2.15. The van der Waals surface area contributed by atoms with E-state index in [-0.39, 0.29) is 24.8 Å². The highest BCUT2D eigenvalue weighted by Crippen LogP contribution is 2.05. The summed E-state index contributed by atoms with van der Waals surface area (Å²) in [4.78, 5) is 33.7. The molecule has 116 valence electrons. The van der Waals surface area contributed by atoms with E-state index in [1.165, 1.54) is 18.4 Å². The lowest BCUT2D eigenvalue weighted by molar-refractivity contribution is -0.148. The largest absolute Gasteiger partial charge is 0.479 e. The first-order chi connectivity index (χ1) is 10.0. The molecule has 0 aromatic carbocycles. The zero-order valence-corrected chi connectivity index (χ0v) is 12.4. The predicted molar refractivity (Wildman–Crippen MR) is 77.3 cm³/mol. The number of hydrogen-bond acceptors (Lipinski definition) is 5. The van der Waals surface area contributed by atoms with Gasteiger partial charge in [0.2, 0.25) is 5.91 Å². The summed E-state index contributed by atoms with van der Waals surface area (Å²) in [5.74, 6) is -1.56. The van der Waals surface area contributed by atoms with Crippen LogP contribution in [0, 0.1) is 0 Å². The third kappa shape index (κ3) is 6.37. The van der Waals surface area contributed by atoms with Crippen molar-refractivity contribution in [3.63, 3.8) is 0 Å². The van der Waals surface area contributed by atoms with E-state index in [1.807, 2.05) is 5.38 Å². The second-order valence-corrected chi connectivity index (χ2v) is 5.02. The molecule has 0 aliphatic heterocycles. The Kier molecular flexibility index (Phi) is 7.41. The van der Waals surface area contributed by atoms with Crippen molar-refractivity contribution in [1.82, 2.24) is 10.6 Å². The van der Waals surface area contributed by atoms with Gasteiger partial charge in [0.1, 0.15) is 0 Å². The first kappa shape index (κ1) is 17.1. The molecular weight excluding hydrogens is 296 g/mol. The lowest BCUT2D eigenvalue weighted by Gasteiger charge is -2.11. The molecule has 0 saturated carbocycles. The summed E-state index contributed by atoms with van der Waals surface area (Å²) in [6.07, 6.45) is -0.362. The van der Waals surface area contributed by atoms with E-state index in [4.69, 9.17) is 9.84 Å². The SMILES string of the molecule is COC(CNC(=O)CCCNC(=O)c1ccsc1)C(=O)O. The van der Waals surface area contributed by atoms with E-state index in [1.54, 1.807) is 11.4 Å². The average molecular weight is 314 g/mol. The van der Waals surface area contributed by atoms with Gasteiger partial charge >= 0.3 is 5.97 Å². The Morgan fingerprint density at radius 3 is 2.71 bits per heavy atom. The van der Waals surface area contributed by atoms with Crippen molar-refractivity contribution in [1.29, 1.82) is 0 Å². The maximum atomic E-state index is 11.6. The molecule has 21 heavy (non-hydrogen) atoms. The molecule has 1 aromatic rings. The van der Waals surface area contributed by atoms with E-state index in [0.717, 1.165) is 0 Å². The molecule has 0 bridgehead atoms. The van der Waals surface area contributed by atoms with Gasteiger partial charge in [0.15, 0.2) is 6.10 Å². The second kappa shape index (κ2) is 9.09. The van der Waals surface area contributed by atoms with Crippen LogP contribution in [0.5, 0.6) is 0 Å². The van der Waals surface area contributed by atoms with Crippen molar-refractivity contribution < 1.29 is 24.2 Å². The number of hydrogen-bond donors (Lipinski definition) is 3. The first-order valence-corrected chi connectivity index (χ1v) is 7.31. The Hall–Kier alpha value is -1.93. The van der Waals surface area contributed by atoms with Gasteiger partial charge in [-0.1, -0.05) is 0 Å². The van der Waals surface area contributed by atoms with Crippen molar-refractivity contribution in [2.45, 2.75) is 18.9 Å². The van der Waals surface area contributed by atoms with Crippen LogP contribution in [0.15, 0.2) is 16.8 Å². The molecule has 1 atom stereocenters. The zero-order chi connectivity index (χ0) is 15.7. The monoisotopic (exact) mass is 314 g/mol. The van der Waals surface area contributed by atoms with E-state index in [9.17, 15) is 14.4 Å². The number of ether oxygens (including phenoxy) is 1. The van der Waals surface area contributed by atoms with Crippen molar-refractivity contribution in [3.8, 4) is 0 Å². The summed E-state index contributed by atoms with van der Waals surface area (Å²) >= 11 is 1.44. The molecule has 3 N–H and O–H groups in total. The Morgan fingerprint density at radius 2 is 2.14 bits per heavy atom. The lowest BCUT2D eigenvalue weighted by Crippen LogP contribution is -2.38. The van der Waals surface area contributed by atoms with E-state index >= 15 is 0 Å². The normalized spacial score (nSPS) is 11.7. The standard InChI is InChI=1S/C13H18N2O5S/c1-20-10(13(18)19)7-15-11(16)3-2-5-14-12(17)9-4-6-21-8-9/h4,6,8,10H,2-3,5,7H2,1H3,(H,14,17)(H,15,16)(H,18,19). The van der Waals surface area contributed by atoms with Crippen molar-refractivity contribution in [3.05, 3.63) is 22.4 Å². The molecule has 2 amide bonds. The minimum Gasteiger partial charge on any atom is -0.479 e. The zero-order valence-electron chi connectivity index (χ0n) is 11.6. The van der Waals surface area contributed by atoms with Crippen LogP contribution in [0.4, 0.5) is 0 Å². The maximum Gasteiger partial charge on any atom is 0.334 e. The Labute approximate surface area is 126 Å². The number of carboxylic acids is 1. The number of carbonyl (C=O) groups is 3. The number of amides is 2. The molecule has 7 nitrogen and oxygen atoms in total. The topological polar surface area (TPSA) is 105 Å². The summed E-state index contributed by atoms with van der Waals surface area (Å²) in [6.45, 7) is 0.306. The maximum absolute atomic E-state index is 11.6. The Bertz CT molecular complexity index is 475. The minimum atomic E-state index is -1.12. The fourth-order valence-electron chi connectivity index (χ4n) is 1.51. The third-order valence-corrected chi connectivity index (χ3v) is 3.38. The number of carbonyl (C=O) groups excluding carboxylic acids is 2. The second-order valence-electron chi connectivity index (χ2n) is 4.24. The first-order valence-electron chi connectivity index (χ1n) is 6.37. The van der Waals surface area contributed by atoms with E-state index < -0.39 is 12.1 Å². The smallest absolute Gasteiger partial charge is 0.334 e. The van der Waals surface area contributed by atoms with Crippen LogP contribution in [0.3, 0.4) is 0 Å². The number of carboxylic acid groups (broad SMARTS) is 1. The van der Waals surface area contributed by atoms with Gasteiger partial charge in [-0.2, -0.15) is 11.3 Å². The van der Waals surface area contributed by atoms with E-state index in [0.29, 0.717) is 18.5 Å². The van der Waals surface area contributed by atoms with Gasteiger partial charge in [-0.05, 0) is 17.9 Å². The highest BCUT2D eigenvalue weighted by atomic mass is 32.1. The molecule has 0 spiro atoms. The third-order valence-electron chi connectivity index (χ3n) is 2.69. The highest BCUT2D eigenvalue weighted by Gasteiger charge is 2.16. The molecule has 1 aromatic heterocycles. The molecule has 1 unspecified atom stereocenters. The predicted octanol–water partition coefficient (Wildman–Crippen LogP) is 0.474. The molecule has 0 aliphatic rings. The van der Waals surface area contributed by atoms with Gasteiger partial charge in [0, 0.05) is 31.0 Å². The van der Waals surface area contributed by atoms with Crippen LogP contribution in [-0.4, -0.2) is 49.2 Å². The van der Waals surface area contributed by atoms with Gasteiger partial charge < -0.3 is 20.5 Å². The van der Waals surface area contributed by atoms with Crippen molar-refractivity contribution in [2.75, 3.05) is 20.2 Å². The number of aliphatic carboxylic acids is 1. The summed E-state index contributed by atoms with van der Waals surface area (Å²) < 4.78 is 4.69. The molecule has 1 heterocycles. The number of nitrogens with one attached hydrogen (secondary N) is 2. The Morgan fingerprint density at radius 1 is 1.38 bits per heavy atom. The molecule has 0 radical (unpaired) electrons. The van der Waals surface area contributed by atoms with Gasteiger partial charge in [0.25, 0.3) is 5.91 Å². The van der Waals surface area contributed by atoms with Crippen LogP contribution >= 0.6 is 11.3 Å². The molecule has 1 rings (SSSR count). The summed E-state index contributed by atoms with van der Waals surface area (Å²) in [6, 6.07) is 1.73. The Balaban J connectivity index is 2.13. The molecule has 0 aliphatic carbocycles. The number of thiophene rings is 1. The van der Waals surface area contributed by atoms with Crippen LogP contribution < -0.4 is 10.6 Å². The summed E-state index contributed by atoms with van der Waals surface area (Å²) in [5, 5.41) is 17.5. The molecule has 0 saturated heterocycles. The van der Waals surface area contributed by atoms with Gasteiger partial charge in [-0.25, -0.2) is 4.79 Å². The number of methoxy groups -OCH3 is 1. The van der Waals surface area contributed by atoms with Gasteiger partial charge in [-0.15, -0.1) is 0 Å². The van der Waals surface area contributed by atoms with Crippen LogP contribution in [-0.2, 0) is 14.3 Å². The van der Waals surface area contributed by atoms with Gasteiger partial charge in [0.05, 0.1) is 6.54 Å². The van der Waals surface area contributed by atoms with E-state index in [2.05, 4.69) is 10.6 Å². The molecule has 0 fully saturated rings. The summed E-state index contributed by atoms with van der Waals surface area (Å²) in [5.41, 5.74) is 0.605.